The monoisotopic (exact) mass is 423 g/mol. The predicted octanol–water partition coefficient (Wildman–Crippen LogP) is 3.43. The van der Waals surface area contributed by atoms with Gasteiger partial charge in [-0.05, 0) is 36.1 Å². The summed E-state index contributed by atoms with van der Waals surface area (Å²) in [4.78, 5) is 32.8. The molecule has 0 bridgehead atoms. The third-order valence-electron chi connectivity index (χ3n) is 6.06. The lowest BCUT2D eigenvalue weighted by Crippen LogP contribution is -2.27. The Morgan fingerprint density at radius 2 is 1.97 bits per heavy atom. The fourth-order valence-electron chi connectivity index (χ4n) is 4.55. The molecule has 0 fully saturated rings. The molecule has 3 heterocycles. The highest BCUT2D eigenvalue weighted by Crippen LogP contribution is 2.38. The fourth-order valence-corrected chi connectivity index (χ4v) is 4.55. The Hall–Kier alpha value is -4.29. The Morgan fingerprint density at radius 3 is 2.81 bits per heavy atom. The van der Waals surface area contributed by atoms with Crippen molar-refractivity contribution >= 4 is 27.9 Å². The van der Waals surface area contributed by atoms with Crippen molar-refractivity contribution in [1.82, 2.24) is 29.1 Å². The number of aliphatic hydroxyl groups excluding tert-OH is 1. The normalized spacial score (nSPS) is 18.0. The van der Waals surface area contributed by atoms with Crippen molar-refractivity contribution in [3.05, 3.63) is 88.0 Å². The first-order valence-electron chi connectivity index (χ1n) is 10.2. The number of nitrogens with zero attached hydrogens (tertiary/aromatic N) is 6. The van der Waals surface area contributed by atoms with Gasteiger partial charge >= 0.3 is 5.69 Å². The van der Waals surface area contributed by atoms with Crippen LogP contribution < -0.4 is 5.69 Å². The minimum Gasteiger partial charge on any atom is -0.388 e. The van der Waals surface area contributed by atoms with Crippen LogP contribution in [0.5, 0.6) is 0 Å². The zero-order chi connectivity index (χ0) is 21.8. The van der Waals surface area contributed by atoms with Gasteiger partial charge in [0.2, 0.25) is 5.95 Å². The lowest BCUT2D eigenvalue weighted by atomic mass is 9.85. The number of H-pyrrole nitrogens is 1. The van der Waals surface area contributed by atoms with Crippen LogP contribution in [0.3, 0.4) is 0 Å². The highest BCUT2D eigenvalue weighted by atomic mass is 16.3. The number of aromatic nitrogens is 6. The summed E-state index contributed by atoms with van der Waals surface area (Å²) in [5.41, 5.74) is 4.45. The highest BCUT2D eigenvalue weighted by molar-refractivity contribution is 5.81. The third kappa shape index (κ3) is 2.67. The maximum Gasteiger partial charge on any atom is 0.328 e. The van der Waals surface area contributed by atoms with Gasteiger partial charge in [0.05, 0.1) is 35.9 Å². The average molecular weight is 423 g/mol. The molecule has 0 amide bonds. The lowest BCUT2D eigenvalue weighted by Gasteiger charge is -2.29. The molecule has 3 aromatic heterocycles. The molecular formula is C23H17N7O2. The first kappa shape index (κ1) is 18.5. The van der Waals surface area contributed by atoms with E-state index in [1.807, 2.05) is 24.3 Å². The smallest absolute Gasteiger partial charge is 0.328 e. The Balaban J connectivity index is 1.55. The van der Waals surface area contributed by atoms with Crippen LogP contribution in [0.1, 0.15) is 36.1 Å². The molecule has 1 unspecified atom stereocenters. The van der Waals surface area contributed by atoms with Crippen LogP contribution in [0.2, 0.25) is 0 Å². The van der Waals surface area contributed by atoms with Crippen LogP contribution >= 0.6 is 0 Å². The Bertz CT molecular complexity index is 1600. The SMILES string of the molecule is [C-]#[N+]c1ccc2ncn(-c3ncc4[nH]c(=O)n(C5CC[C@@H](O)c6ccccc65)c4n3)c2c1. The molecule has 0 aliphatic heterocycles. The summed E-state index contributed by atoms with van der Waals surface area (Å²) in [5, 5.41) is 10.4. The van der Waals surface area contributed by atoms with E-state index in [2.05, 4.69) is 19.8 Å². The molecule has 6 rings (SSSR count). The number of imidazole rings is 2. The first-order valence-corrected chi connectivity index (χ1v) is 10.2. The number of fused-ring (bicyclic) bond motifs is 3. The summed E-state index contributed by atoms with van der Waals surface area (Å²) in [6, 6.07) is 12.7. The van der Waals surface area contributed by atoms with E-state index < -0.39 is 6.10 Å². The second kappa shape index (κ2) is 6.87. The zero-order valence-corrected chi connectivity index (χ0v) is 16.8. The average Bonchev–Trinajstić information content (AvgIpc) is 3.39. The molecule has 5 aromatic rings. The molecule has 0 saturated heterocycles. The summed E-state index contributed by atoms with van der Waals surface area (Å²) in [6.07, 6.45) is 3.84. The van der Waals surface area contributed by atoms with E-state index in [-0.39, 0.29) is 11.7 Å². The molecular weight excluding hydrogens is 406 g/mol. The van der Waals surface area contributed by atoms with Crippen LogP contribution in [0.15, 0.2) is 59.8 Å². The Morgan fingerprint density at radius 1 is 1.12 bits per heavy atom. The lowest BCUT2D eigenvalue weighted by molar-refractivity contribution is 0.147. The highest BCUT2D eigenvalue weighted by Gasteiger charge is 2.29. The van der Waals surface area contributed by atoms with Gasteiger partial charge in [-0.15, -0.1) is 0 Å². The Kier molecular flexibility index (Phi) is 3.96. The van der Waals surface area contributed by atoms with Crippen molar-refractivity contribution in [3.63, 3.8) is 0 Å². The van der Waals surface area contributed by atoms with Gasteiger partial charge in [0.1, 0.15) is 11.8 Å². The minimum absolute atomic E-state index is 0.244. The number of aliphatic hydroxyl groups is 1. The maximum atomic E-state index is 12.9. The summed E-state index contributed by atoms with van der Waals surface area (Å²) in [7, 11) is 0. The second-order valence-corrected chi connectivity index (χ2v) is 7.84. The van der Waals surface area contributed by atoms with Gasteiger partial charge in [-0.3, -0.25) is 9.13 Å². The minimum atomic E-state index is -0.539. The van der Waals surface area contributed by atoms with E-state index in [0.717, 1.165) is 16.6 Å². The largest absolute Gasteiger partial charge is 0.388 e. The molecule has 1 aliphatic carbocycles. The van der Waals surface area contributed by atoms with Crippen molar-refractivity contribution in [2.45, 2.75) is 25.0 Å². The van der Waals surface area contributed by atoms with Gasteiger partial charge in [-0.2, -0.15) is 4.98 Å². The van der Waals surface area contributed by atoms with Gasteiger partial charge in [0, 0.05) is 0 Å². The van der Waals surface area contributed by atoms with Gasteiger partial charge < -0.3 is 10.1 Å². The van der Waals surface area contributed by atoms with Gasteiger partial charge in [-0.1, -0.05) is 30.3 Å². The first-order chi connectivity index (χ1) is 15.6. The number of benzene rings is 2. The molecule has 0 spiro atoms. The number of hydrogen-bond donors (Lipinski definition) is 2. The van der Waals surface area contributed by atoms with Gasteiger partial charge in [-0.25, -0.2) is 19.6 Å². The number of aromatic amines is 1. The van der Waals surface area contributed by atoms with Crippen LogP contribution in [0.4, 0.5) is 5.69 Å². The quantitative estimate of drug-likeness (QED) is 0.423. The van der Waals surface area contributed by atoms with E-state index in [1.165, 1.54) is 0 Å². The van der Waals surface area contributed by atoms with Gasteiger partial charge in [0.25, 0.3) is 0 Å². The number of hydrogen-bond acceptors (Lipinski definition) is 5. The molecule has 2 atom stereocenters. The molecule has 9 nitrogen and oxygen atoms in total. The molecule has 0 saturated carbocycles. The van der Waals surface area contributed by atoms with Crippen LogP contribution in [0, 0.1) is 6.57 Å². The maximum absolute atomic E-state index is 12.9. The summed E-state index contributed by atoms with van der Waals surface area (Å²) in [6.45, 7) is 7.28. The number of nitrogens with one attached hydrogen (secondary N) is 1. The summed E-state index contributed by atoms with van der Waals surface area (Å²) >= 11 is 0. The van der Waals surface area contributed by atoms with E-state index in [0.29, 0.717) is 41.2 Å². The zero-order valence-electron chi connectivity index (χ0n) is 16.8. The molecule has 2 aromatic carbocycles. The van der Waals surface area contributed by atoms with Crippen molar-refractivity contribution in [2.24, 2.45) is 0 Å². The van der Waals surface area contributed by atoms with Crippen LogP contribution in [-0.4, -0.2) is 34.2 Å². The second-order valence-electron chi connectivity index (χ2n) is 7.84. The summed E-state index contributed by atoms with van der Waals surface area (Å²) < 4.78 is 3.36. The van der Waals surface area contributed by atoms with Crippen molar-refractivity contribution in [2.75, 3.05) is 0 Å². The van der Waals surface area contributed by atoms with Crippen LogP contribution in [0.25, 0.3) is 33.0 Å². The van der Waals surface area contributed by atoms with Crippen molar-refractivity contribution < 1.29 is 5.11 Å². The molecule has 9 heteroatoms. The van der Waals surface area contributed by atoms with E-state index >= 15 is 0 Å². The molecule has 32 heavy (non-hydrogen) atoms. The molecule has 2 N–H and O–H groups in total. The molecule has 1 aliphatic rings. The van der Waals surface area contributed by atoms with Crippen LogP contribution in [-0.2, 0) is 0 Å². The molecule has 156 valence electrons. The third-order valence-corrected chi connectivity index (χ3v) is 6.06. The number of rotatable bonds is 2. The van der Waals surface area contributed by atoms with Crippen molar-refractivity contribution in [1.29, 1.82) is 0 Å². The predicted molar refractivity (Wildman–Crippen MR) is 118 cm³/mol. The standard InChI is InChI=1S/C23H17N7O2/c1-24-13-6-7-16-19(10-13)29(12-26-16)22-25-11-17-21(28-22)30(23(32)27-17)18-8-9-20(31)15-5-3-2-4-14(15)18/h2-7,10-12,18,20,31H,8-9H2,(H,27,32)/t18?,20-/m1/s1. The van der Waals surface area contributed by atoms with E-state index in [9.17, 15) is 9.90 Å². The van der Waals surface area contributed by atoms with E-state index in [1.54, 1.807) is 39.9 Å². The fraction of sp³-hybridized carbons (Fsp3) is 0.174. The van der Waals surface area contributed by atoms with Gasteiger partial charge in [0.15, 0.2) is 11.3 Å². The van der Waals surface area contributed by atoms with Crippen molar-refractivity contribution in [3.8, 4) is 5.95 Å². The summed E-state index contributed by atoms with van der Waals surface area (Å²) in [5.74, 6) is 0.360. The molecule has 0 radical (unpaired) electrons. The topological polar surface area (TPSA) is 106 Å². The Labute approximate surface area is 181 Å². The van der Waals surface area contributed by atoms with E-state index in [4.69, 9.17) is 11.6 Å².